The Kier molecular flexibility index (Phi) is 5.06. The molecule has 0 aliphatic rings. The Morgan fingerprint density at radius 3 is 2.60 bits per heavy atom. The van der Waals surface area contributed by atoms with Crippen molar-refractivity contribution in [1.29, 1.82) is 0 Å². The molecule has 0 bridgehead atoms. The van der Waals surface area contributed by atoms with E-state index in [2.05, 4.69) is 21.0 Å². The van der Waals surface area contributed by atoms with Gasteiger partial charge < -0.3 is 9.47 Å². The lowest BCUT2D eigenvalue weighted by Gasteiger charge is -2.13. The van der Waals surface area contributed by atoms with Crippen molar-refractivity contribution in [2.45, 2.75) is 25.8 Å². The Hall–Kier alpha value is -1.49. The highest BCUT2D eigenvalue weighted by Gasteiger charge is 2.08. The van der Waals surface area contributed by atoms with Crippen LogP contribution < -0.4 is 9.47 Å². The number of hydrogen-bond donors (Lipinski definition) is 0. The molecule has 0 aliphatic carbocycles. The number of aryl methyl sites for hydroxylation is 2. The number of rotatable bonds is 6. The highest BCUT2D eigenvalue weighted by molar-refractivity contribution is 9.08. The summed E-state index contributed by atoms with van der Waals surface area (Å²) in [5.41, 5.74) is 3.19. The summed E-state index contributed by atoms with van der Waals surface area (Å²) in [5, 5.41) is 5.11. The Balaban J connectivity index is 2.14. The summed E-state index contributed by atoms with van der Waals surface area (Å²) in [6, 6.07) is 8.00. The first kappa shape index (κ1) is 14.9. The van der Waals surface area contributed by atoms with Gasteiger partial charge in [0.25, 0.3) is 0 Å². The van der Waals surface area contributed by atoms with E-state index in [4.69, 9.17) is 9.47 Å². The molecule has 108 valence electrons. The van der Waals surface area contributed by atoms with Gasteiger partial charge >= 0.3 is 0 Å². The lowest BCUT2D eigenvalue weighted by Crippen LogP contribution is -2.04. The molecule has 20 heavy (non-hydrogen) atoms. The lowest BCUT2D eigenvalue weighted by atomic mass is 10.2. The molecule has 1 heterocycles. The van der Waals surface area contributed by atoms with Gasteiger partial charge in [0, 0.05) is 12.4 Å². The maximum absolute atomic E-state index is 5.87. The molecule has 0 radical (unpaired) electrons. The Labute approximate surface area is 127 Å². The number of alkyl halides is 1. The van der Waals surface area contributed by atoms with Crippen LogP contribution >= 0.6 is 15.9 Å². The average molecular weight is 339 g/mol. The minimum atomic E-state index is 0.477. The molecule has 0 N–H and O–H groups in total. The molecule has 0 saturated heterocycles. The smallest absolute Gasteiger partial charge is 0.161 e. The number of ether oxygens (including phenoxy) is 2. The van der Waals surface area contributed by atoms with Crippen molar-refractivity contribution >= 4 is 15.9 Å². The number of hydrogen-bond acceptors (Lipinski definition) is 3. The fourth-order valence-electron chi connectivity index (χ4n) is 1.97. The van der Waals surface area contributed by atoms with Crippen LogP contribution in [-0.2, 0) is 19.0 Å². The molecule has 1 aromatic carbocycles. The fourth-order valence-corrected chi connectivity index (χ4v) is 2.32. The van der Waals surface area contributed by atoms with Crippen molar-refractivity contribution in [3.8, 4) is 11.5 Å². The van der Waals surface area contributed by atoms with E-state index >= 15 is 0 Å². The van der Waals surface area contributed by atoms with Gasteiger partial charge in [-0.25, -0.2) is 0 Å². The molecule has 2 aromatic rings. The molecular weight excluding hydrogens is 320 g/mol. The maximum Gasteiger partial charge on any atom is 0.161 e. The second-order valence-electron chi connectivity index (χ2n) is 4.54. The van der Waals surface area contributed by atoms with Crippen molar-refractivity contribution in [2.24, 2.45) is 7.05 Å². The lowest BCUT2D eigenvalue weighted by molar-refractivity contribution is 0.262. The number of aromatic nitrogens is 2. The molecular formula is C15H19BrN2O2. The monoisotopic (exact) mass is 338 g/mol. The van der Waals surface area contributed by atoms with Crippen LogP contribution in [-0.4, -0.2) is 16.4 Å². The SMILES string of the molecule is CCOc1cc(CBr)ccc1OCc1cc(C)nn1C. The van der Waals surface area contributed by atoms with E-state index in [1.165, 1.54) is 0 Å². The first-order chi connectivity index (χ1) is 9.63. The molecule has 0 spiro atoms. The van der Waals surface area contributed by atoms with Crippen LogP contribution in [0.15, 0.2) is 24.3 Å². The van der Waals surface area contributed by atoms with E-state index in [0.29, 0.717) is 13.2 Å². The molecule has 0 unspecified atom stereocenters. The first-order valence-electron chi connectivity index (χ1n) is 6.58. The largest absolute Gasteiger partial charge is 0.490 e. The van der Waals surface area contributed by atoms with E-state index in [1.54, 1.807) is 0 Å². The van der Waals surface area contributed by atoms with Gasteiger partial charge in [-0.2, -0.15) is 5.10 Å². The van der Waals surface area contributed by atoms with Crippen LogP contribution in [0.5, 0.6) is 11.5 Å². The van der Waals surface area contributed by atoms with Crippen LogP contribution in [0, 0.1) is 6.92 Å². The van der Waals surface area contributed by atoms with E-state index in [0.717, 1.165) is 33.8 Å². The van der Waals surface area contributed by atoms with E-state index in [9.17, 15) is 0 Å². The van der Waals surface area contributed by atoms with Crippen molar-refractivity contribution in [1.82, 2.24) is 9.78 Å². The number of benzene rings is 1. The van der Waals surface area contributed by atoms with Gasteiger partial charge in [0.05, 0.1) is 18.0 Å². The van der Waals surface area contributed by atoms with E-state index < -0.39 is 0 Å². The van der Waals surface area contributed by atoms with Crippen molar-refractivity contribution in [2.75, 3.05) is 6.61 Å². The summed E-state index contributed by atoms with van der Waals surface area (Å²) in [5.74, 6) is 1.54. The van der Waals surface area contributed by atoms with Gasteiger partial charge in [-0.3, -0.25) is 4.68 Å². The van der Waals surface area contributed by atoms with Crippen molar-refractivity contribution in [3.63, 3.8) is 0 Å². The minimum absolute atomic E-state index is 0.477. The highest BCUT2D eigenvalue weighted by Crippen LogP contribution is 2.30. The van der Waals surface area contributed by atoms with Gasteiger partial charge in [0.15, 0.2) is 11.5 Å². The zero-order valence-corrected chi connectivity index (χ0v) is 13.6. The van der Waals surface area contributed by atoms with Gasteiger partial charge in [0.2, 0.25) is 0 Å². The van der Waals surface area contributed by atoms with Gasteiger partial charge in [0.1, 0.15) is 6.61 Å². The van der Waals surface area contributed by atoms with Crippen LogP contribution in [0.2, 0.25) is 0 Å². The van der Waals surface area contributed by atoms with Crippen molar-refractivity contribution < 1.29 is 9.47 Å². The molecule has 4 nitrogen and oxygen atoms in total. The topological polar surface area (TPSA) is 36.3 Å². The summed E-state index contributed by atoms with van der Waals surface area (Å²) in [6.45, 7) is 5.03. The van der Waals surface area contributed by atoms with Crippen LogP contribution in [0.4, 0.5) is 0 Å². The quantitative estimate of drug-likeness (QED) is 0.755. The van der Waals surface area contributed by atoms with Crippen molar-refractivity contribution in [3.05, 3.63) is 41.2 Å². The predicted octanol–water partition coefficient (Wildman–Crippen LogP) is 3.60. The molecule has 2 rings (SSSR count). The molecule has 0 atom stereocenters. The first-order valence-corrected chi connectivity index (χ1v) is 7.70. The molecule has 5 heteroatoms. The molecule has 0 fully saturated rings. The fraction of sp³-hybridized carbons (Fsp3) is 0.400. The third kappa shape index (κ3) is 3.54. The van der Waals surface area contributed by atoms with Gasteiger partial charge in [-0.1, -0.05) is 22.0 Å². The standard InChI is InChI=1S/C15H19BrN2O2/c1-4-19-15-8-12(9-16)5-6-14(15)20-10-13-7-11(2)17-18(13)3/h5-8H,4,9-10H2,1-3H3. The molecule has 0 saturated carbocycles. The van der Waals surface area contributed by atoms with Gasteiger partial charge in [-0.15, -0.1) is 0 Å². The molecule has 0 aliphatic heterocycles. The number of halogens is 1. The zero-order valence-electron chi connectivity index (χ0n) is 12.0. The molecule has 1 aromatic heterocycles. The van der Waals surface area contributed by atoms with Gasteiger partial charge in [-0.05, 0) is 37.6 Å². The summed E-state index contributed by atoms with van der Waals surface area (Å²) in [4.78, 5) is 0. The summed E-state index contributed by atoms with van der Waals surface area (Å²) in [7, 11) is 1.92. The summed E-state index contributed by atoms with van der Waals surface area (Å²) >= 11 is 3.45. The Morgan fingerprint density at radius 1 is 1.20 bits per heavy atom. The third-order valence-electron chi connectivity index (χ3n) is 2.94. The molecule has 0 amide bonds. The predicted molar refractivity (Wildman–Crippen MR) is 82.5 cm³/mol. The van der Waals surface area contributed by atoms with E-state index in [-0.39, 0.29) is 0 Å². The third-order valence-corrected chi connectivity index (χ3v) is 3.58. The van der Waals surface area contributed by atoms with Crippen LogP contribution in [0.3, 0.4) is 0 Å². The average Bonchev–Trinajstić information content (AvgIpc) is 2.76. The second kappa shape index (κ2) is 6.79. The van der Waals surface area contributed by atoms with Crippen LogP contribution in [0.1, 0.15) is 23.9 Å². The second-order valence-corrected chi connectivity index (χ2v) is 5.10. The van der Waals surface area contributed by atoms with E-state index in [1.807, 2.05) is 49.8 Å². The Bertz CT molecular complexity index is 581. The highest BCUT2D eigenvalue weighted by atomic mass is 79.9. The van der Waals surface area contributed by atoms with Crippen LogP contribution in [0.25, 0.3) is 0 Å². The maximum atomic E-state index is 5.87. The number of nitrogens with zero attached hydrogens (tertiary/aromatic N) is 2. The summed E-state index contributed by atoms with van der Waals surface area (Å²) in [6.07, 6.45) is 0. The minimum Gasteiger partial charge on any atom is -0.490 e. The normalized spacial score (nSPS) is 10.6. The zero-order chi connectivity index (χ0) is 14.5. The Morgan fingerprint density at radius 2 is 2.00 bits per heavy atom. The summed E-state index contributed by atoms with van der Waals surface area (Å²) < 4.78 is 13.3.